The van der Waals surface area contributed by atoms with Crippen LogP contribution in [-0.4, -0.2) is 18.5 Å². The van der Waals surface area contributed by atoms with E-state index in [1.54, 1.807) is 4.90 Å². The number of amides is 2. The van der Waals surface area contributed by atoms with Crippen LogP contribution in [0.25, 0.3) is 0 Å². The number of fused-ring (bicyclic) bond motifs is 1. The van der Waals surface area contributed by atoms with E-state index in [0.717, 1.165) is 17.8 Å². The van der Waals surface area contributed by atoms with Crippen molar-refractivity contribution >= 4 is 29.0 Å². The van der Waals surface area contributed by atoms with Crippen molar-refractivity contribution in [2.45, 2.75) is 6.42 Å². The molecule has 1 radical (unpaired) electrons. The maximum absolute atomic E-state index is 11.5. The first-order valence-corrected chi connectivity index (χ1v) is 5.04. The first-order chi connectivity index (χ1) is 6.83. The molecule has 1 heterocycles. The second-order valence-electron chi connectivity index (χ2n) is 3.08. The Balaban J connectivity index is 2.21. The Hall–Kier alpha value is -1.22. The Morgan fingerprint density at radius 2 is 2.14 bits per heavy atom. The van der Waals surface area contributed by atoms with Crippen LogP contribution >= 0.6 is 11.6 Å². The Morgan fingerprint density at radius 1 is 1.36 bits per heavy atom. The molecule has 0 unspecified atom stereocenters. The Kier molecular flexibility index (Phi) is 2.59. The summed E-state index contributed by atoms with van der Waals surface area (Å²) >= 11 is 5.59. The van der Waals surface area contributed by atoms with Crippen molar-refractivity contribution in [2.75, 3.05) is 17.3 Å². The molecular weight excluding hydrogens is 200 g/mol. The van der Waals surface area contributed by atoms with E-state index in [1.165, 1.54) is 0 Å². The molecule has 1 aliphatic rings. The quantitative estimate of drug-likeness (QED) is 0.705. The lowest BCUT2D eigenvalue weighted by Crippen LogP contribution is -2.29. The second-order valence-corrected chi connectivity index (χ2v) is 3.46. The van der Waals surface area contributed by atoms with Crippen LogP contribution in [0, 0.1) is 0 Å². The summed E-state index contributed by atoms with van der Waals surface area (Å²) in [5, 5.41) is 3.93. The lowest BCUT2D eigenvalue weighted by atomic mass is 10.2. The number of carbonyl (C=O) groups is 1. The van der Waals surface area contributed by atoms with Crippen molar-refractivity contribution in [3.8, 4) is 0 Å². The van der Waals surface area contributed by atoms with Gasteiger partial charge in [0.05, 0.1) is 11.4 Å². The fourth-order valence-corrected chi connectivity index (χ4v) is 1.61. The molecule has 0 saturated carbocycles. The molecule has 0 aliphatic carbocycles. The van der Waals surface area contributed by atoms with Crippen LogP contribution in [0.4, 0.5) is 16.2 Å². The lowest BCUT2D eigenvalue weighted by Gasteiger charge is -2.13. The SMILES string of the molecule is O=C1[N]c2ccccc2N1CCCCl. The van der Waals surface area contributed by atoms with Gasteiger partial charge in [-0.2, -0.15) is 5.32 Å². The lowest BCUT2D eigenvalue weighted by molar-refractivity contribution is 0.251. The zero-order chi connectivity index (χ0) is 9.97. The summed E-state index contributed by atoms with van der Waals surface area (Å²) in [4.78, 5) is 13.1. The fourth-order valence-electron chi connectivity index (χ4n) is 1.49. The number of anilines is 1. The fraction of sp³-hybridized carbons (Fsp3) is 0.300. The number of nitrogens with zero attached hydrogens (tertiary/aromatic N) is 2. The van der Waals surface area contributed by atoms with E-state index < -0.39 is 0 Å². The molecule has 0 saturated heterocycles. The monoisotopic (exact) mass is 209 g/mol. The highest BCUT2D eigenvalue weighted by atomic mass is 35.5. The first-order valence-electron chi connectivity index (χ1n) is 4.51. The summed E-state index contributed by atoms with van der Waals surface area (Å²) in [5.74, 6) is 0.561. The molecule has 0 N–H and O–H groups in total. The average molecular weight is 210 g/mol. The Labute approximate surface area is 87.7 Å². The third kappa shape index (κ3) is 1.55. The van der Waals surface area contributed by atoms with E-state index in [9.17, 15) is 4.79 Å². The minimum absolute atomic E-state index is 0.184. The summed E-state index contributed by atoms with van der Waals surface area (Å²) in [6, 6.07) is 7.34. The molecule has 0 spiro atoms. The summed E-state index contributed by atoms with van der Waals surface area (Å²) in [7, 11) is 0. The molecule has 14 heavy (non-hydrogen) atoms. The van der Waals surface area contributed by atoms with Crippen molar-refractivity contribution in [2.24, 2.45) is 0 Å². The van der Waals surface area contributed by atoms with Crippen LogP contribution in [0.15, 0.2) is 24.3 Å². The maximum atomic E-state index is 11.5. The van der Waals surface area contributed by atoms with E-state index >= 15 is 0 Å². The highest BCUT2D eigenvalue weighted by molar-refractivity contribution is 6.17. The molecule has 73 valence electrons. The van der Waals surface area contributed by atoms with Gasteiger partial charge in [-0.15, -0.1) is 11.6 Å². The number of benzene rings is 1. The molecule has 4 heteroatoms. The number of halogens is 1. The van der Waals surface area contributed by atoms with E-state index in [2.05, 4.69) is 5.32 Å². The number of rotatable bonds is 3. The van der Waals surface area contributed by atoms with Gasteiger partial charge in [0.2, 0.25) is 0 Å². The van der Waals surface area contributed by atoms with Crippen LogP contribution in [0.5, 0.6) is 0 Å². The van der Waals surface area contributed by atoms with Crippen LogP contribution in [0.1, 0.15) is 6.42 Å². The van der Waals surface area contributed by atoms with Gasteiger partial charge in [-0.3, -0.25) is 4.90 Å². The number of hydrogen-bond donors (Lipinski definition) is 0. The first kappa shape index (κ1) is 9.34. The van der Waals surface area contributed by atoms with Crippen molar-refractivity contribution < 1.29 is 4.79 Å². The summed E-state index contributed by atoms with van der Waals surface area (Å²) in [6.07, 6.45) is 0.789. The second kappa shape index (κ2) is 3.88. The van der Waals surface area contributed by atoms with Crippen molar-refractivity contribution in [3.63, 3.8) is 0 Å². The standard InChI is InChI=1S/C10H10ClN2O/c11-6-3-7-13-9-5-2-1-4-8(9)12-10(13)14/h1-2,4-5H,3,6-7H2. The van der Waals surface area contributed by atoms with Gasteiger partial charge >= 0.3 is 6.03 Å². The van der Waals surface area contributed by atoms with E-state index in [-0.39, 0.29) is 6.03 Å². The minimum atomic E-state index is -0.184. The molecule has 2 amide bonds. The van der Waals surface area contributed by atoms with Gasteiger partial charge in [0.15, 0.2) is 0 Å². The van der Waals surface area contributed by atoms with Crippen molar-refractivity contribution in [3.05, 3.63) is 24.3 Å². The molecule has 0 aromatic heterocycles. The van der Waals surface area contributed by atoms with Crippen LogP contribution in [0.2, 0.25) is 0 Å². The van der Waals surface area contributed by atoms with Crippen molar-refractivity contribution in [1.82, 2.24) is 5.32 Å². The Morgan fingerprint density at radius 3 is 2.93 bits per heavy atom. The minimum Gasteiger partial charge on any atom is -0.290 e. The van der Waals surface area contributed by atoms with Crippen LogP contribution in [-0.2, 0) is 0 Å². The smallest absolute Gasteiger partial charge is 0.290 e. The summed E-state index contributed by atoms with van der Waals surface area (Å²) < 4.78 is 0. The van der Waals surface area contributed by atoms with Gasteiger partial charge in [0.1, 0.15) is 0 Å². The van der Waals surface area contributed by atoms with Crippen LogP contribution in [0.3, 0.4) is 0 Å². The van der Waals surface area contributed by atoms with Gasteiger partial charge in [0, 0.05) is 12.4 Å². The molecule has 0 fully saturated rings. The third-order valence-electron chi connectivity index (χ3n) is 2.13. The zero-order valence-corrected chi connectivity index (χ0v) is 8.37. The molecule has 0 bridgehead atoms. The predicted molar refractivity (Wildman–Crippen MR) is 56.3 cm³/mol. The normalized spacial score (nSPS) is 14.1. The summed E-state index contributed by atoms with van der Waals surface area (Å²) in [5.41, 5.74) is 1.65. The van der Waals surface area contributed by atoms with E-state index in [1.807, 2.05) is 24.3 Å². The number of hydrogen-bond acceptors (Lipinski definition) is 1. The number of carbonyl (C=O) groups excluding carboxylic acids is 1. The molecule has 2 rings (SSSR count). The zero-order valence-electron chi connectivity index (χ0n) is 7.61. The van der Waals surface area contributed by atoms with Crippen LogP contribution < -0.4 is 10.2 Å². The van der Waals surface area contributed by atoms with E-state index in [0.29, 0.717) is 12.4 Å². The summed E-state index contributed by atoms with van der Waals surface area (Å²) in [6.45, 7) is 0.642. The molecule has 3 nitrogen and oxygen atoms in total. The van der Waals surface area contributed by atoms with Gasteiger partial charge in [-0.05, 0) is 18.6 Å². The average Bonchev–Trinajstić information content (AvgIpc) is 2.51. The number of alkyl halides is 1. The largest absolute Gasteiger partial charge is 0.348 e. The van der Waals surface area contributed by atoms with Gasteiger partial charge < -0.3 is 0 Å². The van der Waals surface area contributed by atoms with Gasteiger partial charge in [-0.25, -0.2) is 4.79 Å². The van der Waals surface area contributed by atoms with Gasteiger partial charge in [0.25, 0.3) is 0 Å². The molecule has 0 atom stereocenters. The molecule has 1 aromatic carbocycles. The topological polar surface area (TPSA) is 34.4 Å². The predicted octanol–water partition coefficient (Wildman–Crippen LogP) is 2.49. The Bertz CT molecular complexity index is 354. The number of urea groups is 1. The third-order valence-corrected chi connectivity index (χ3v) is 2.40. The highest BCUT2D eigenvalue weighted by Gasteiger charge is 2.27. The number of para-hydroxylation sites is 2. The van der Waals surface area contributed by atoms with Crippen molar-refractivity contribution in [1.29, 1.82) is 0 Å². The van der Waals surface area contributed by atoms with E-state index in [4.69, 9.17) is 11.6 Å². The highest BCUT2D eigenvalue weighted by Crippen LogP contribution is 2.31. The molecule has 1 aromatic rings. The molecular formula is C10H10ClN2O. The van der Waals surface area contributed by atoms with Gasteiger partial charge in [-0.1, -0.05) is 12.1 Å². The maximum Gasteiger partial charge on any atom is 0.348 e. The molecule has 1 aliphatic heterocycles.